The molecule has 0 heterocycles. The van der Waals surface area contributed by atoms with E-state index in [1.165, 1.54) is 11.0 Å². The van der Waals surface area contributed by atoms with Crippen molar-refractivity contribution in [2.24, 2.45) is 0 Å². The van der Waals surface area contributed by atoms with E-state index in [4.69, 9.17) is 10.1 Å². The van der Waals surface area contributed by atoms with Crippen LogP contribution in [0.1, 0.15) is 11.1 Å². The van der Waals surface area contributed by atoms with E-state index < -0.39 is 21.6 Å². The maximum absolute atomic E-state index is 12.6. The molecule has 0 atom stereocenters. The third-order valence-electron chi connectivity index (χ3n) is 2.17. The Morgan fingerprint density at radius 2 is 1.64 bits per heavy atom. The minimum atomic E-state index is -4.48. The summed E-state index contributed by atoms with van der Waals surface area (Å²) in [5.41, 5.74) is -0.380. The molecule has 1 aromatic rings. The molecule has 22 heavy (non-hydrogen) atoms. The van der Waals surface area contributed by atoms with Crippen molar-refractivity contribution in [2.75, 3.05) is 26.0 Å². The molecule has 0 aliphatic carbocycles. The van der Waals surface area contributed by atoms with E-state index in [1.807, 2.05) is 0 Å². The number of halogens is 3. The smallest absolute Gasteiger partial charge is 0.378 e. The lowest BCUT2D eigenvalue weighted by Crippen LogP contribution is -2.12. The Morgan fingerprint density at radius 1 is 1.14 bits per heavy atom. The van der Waals surface area contributed by atoms with Crippen LogP contribution in [0.4, 0.5) is 18.9 Å². The summed E-state index contributed by atoms with van der Waals surface area (Å²) in [5.74, 6) is 0. The number of rotatable bonds is 3. The number of hydrogen-bond donors (Lipinski definition) is 0. The molecule has 7 nitrogen and oxygen atoms in total. The van der Waals surface area contributed by atoms with Crippen molar-refractivity contribution in [1.82, 2.24) is 0 Å². The molecular weight excluding hydrogens is 307 g/mol. The molecule has 0 aromatic heterocycles. The summed E-state index contributed by atoms with van der Waals surface area (Å²) in [6.45, 7) is 0. The first-order chi connectivity index (χ1) is 9.93. The molecule has 0 saturated heterocycles. The summed E-state index contributed by atoms with van der Waals surface area (Å²) in [5, 5.41) is 19.0. The Morgan fingerprint density at radius 3 is 2.00 bits per heavy atom. The summed E-state index contributed by atoms with van der Waals surface area (Å²) in [6, 6.07) is 3.30. The van der Waals surface area contributed by atoms with E-state index in [-0.39, 0.29) is 5.56 Å². The zero-order valence-electron chi connectivity index (χ0n) is 12.0. The van der Waals surface area contributed by atoms with E-state index in [0.29, 0.717) is 11.9 Å². The normalized spacial score (nSPS) is 10.8. The van der Waals surface area contributed by atoms with E-state index in [1.54, 1.807) is 14.1 Å². The first kappa shape index (κ1) is 19.3. The Bertz CT molecular complexity index is 567. The number of benzene rings is 1. The molecule has 0 bridgehead atoms. The van der Waals surface area contributed by atoms with Crippen LogP contribution in [0.3, 0.4) is 0 Å². The molecule has 0 radical (unpaired) electrons. The molecule has 0 amide bonds. The van der Waals surface area contributed by atoms with Crippen molar-refractivity contribution >= 4 is 11.8 Å². The molecule has 1 rings (SSSR count). The van der Waals surface area contributed by atoms with Gasteiger partial charge in [-0.15, -0.1) is 0 Å². The fourth-order valence-corrected chi connectivity index (χ4v) is 1.30. The average Bonchev–Trinajstić information content (AvgIpc) is 2.34. The highest BCUT2D eigenvalue weighted by Gasteiger charge is 2.31. The van der Waals surface area contributed by atoms with Gasteiger partial charge < -0.3 is 4.90 Å². The summed E-state index contributed by atoms with van der Waals surface area (Å²) < 4.78 is 37.9. The van der Waals surface area contributed by atoms with Gasteiger partial charge in [0.15, 0.2) is 7.05 Å². The molecule has 0 saturated carbocycles. The Balaban J connectivity index is 0.000000980. The molecule has 0 aliphatic heterocycles. The van der Waals surface area contributed by atoms with Crippen LogP contribution in [0.25, 0.3) is 6.08 Å². The van der Waals surface area contributed by atoms with Gasteiger partial charge in [0, 0.05) is 30.8 Å². The lowest BCUT2D eigenvalue weighted by molar-refractivity contribution is -0.445. The molecule has 0 spiro atoms. The minimum absolute atomic E-state index is 0.130. The third kappa shape index (κ3) is 7.82. The van der Waals surface area contributed by atoms with E-state index in [9.17, 15) is 23.3 Å². The van der Waals surface area contributed by atoms with Crippen LogP contribution in [0.15, 0.2) is 24.4 Å². The fourth-order valence-electron chi connectivity index (χ4n) is 1.30. The lowest BCUT2D eigenvalue weighted by Gasteiger charge is -2.16. The number of nitro groups is 2. The van der Waals surface area contributed by atoms with Crippen LogP contribution in [0.5, 0.6) is 0 Å². The highest BCUT2D eigenvalue weighted by molar-refractivity contribution is 5.59. The maximum Gasteiger partial charge on any atom is 0.416 e. The van der Waals surface area contributed by atoms with Gasteiger partial charge in [0.25, 0.3) is 0 Å². The Labute approximate surface area is 123 Å². The van der Waals surface area contributed by atoms with Crippen molar-refractivity contribution in [3.63, 3.8) is 0 Å². The Hall–Kier alpha value is -2.65. The first-order valence-corrected chi connectivity index (χ1v) is 5.72. The SMILES string of the molecule is CN(C)c1cc(C=C[N+](=O)[O-])cc(C(F)(F)F)c1.C[N+](=O)[O-]. The molecule has 1 aromatic carbocycles. The van der Waals surface area contributed by atoms with Crippen molar-refractivity contribution in [3.05, 3.63) is 55.8 Å². The summed E-state index contributed by atoms with van der Waals surface area (Å²) >= 11 is 0. The zero-order chi connectivity index (χ0) is 17.5. The summed E-state index contributed by atoms with van der Waals surface area (Å²) in [6.07, 6.45) is -2.85. The first-order valence-electron chi connectivity index (χ1n) is 5.72. The molecule has 0 N–H and O–H groups in total. The quantitative estimate of drug-likeness (QED) is 0.631. The van der Waals surface area contributed by atoms with E-state index in [0.717, 1.165) is 25.3 Å². The van der Waals surface area contributed by atoms with Gasteiger partial charge >= 0.3 is 6.18 Å². The second kappa shape index (κ2) is 7.96. The molecule has 10 heteroatoms. The largest absolute Gasteiger partial charge is 0.416 e. The zero-order valence-corrected chi connectivity index (χ0v) is 12.0. The molecule has 0 unspecified atom stereocenters. The number of alkyl halides is 3. The van der Waals surface area contributed by atoms with Gasteiger partial charge in [0.1, 0.15) is 0 Å². The number of hydrogen-bond acceptors (Lipinski definition) is 5. The van der Waals surface area contributed by atoms with Crippen LogP contribution in [0, 0.1) is 20.2 Å². The van der Waals surface area contributed by atoms with Crippen LogP contribution in [0.2, 0.25) is 0 Å². The standard InChI is InChI=1S/C11H11F3N2O2.CH3NO2/c1-15(2)10-6-8(3-4-16(17)18)5-9(7-10)11(12,13)14;1-2(3)4/h3-7H,1-2H3;1H3. The molecule has 0 fully saturated rings. The predicted molar refractivity (Wildman–Crippen MR) is 74.7 cm³/mol. The van der Waals surface area contributed by atoms with Crippen molar-refractivity contribution < 1.29 is 23.0 Å². The van der Waals surface area contributed by atoms with Crippen LogP contribution >= 0.6 is 0 Å². The predicted octanol–water partition coefficient (Wildman–Crippen LogP) is 2.91. The van der Waals surface area contributed by atoms with Crippen LogP contribution < -0.4 is 4.90 Å². The van der Waals surface area contributed by atoms with Gasteiger partial charge in [0.05, 0.1) is 10.5 Å². The van der Waals surface area contributed by atoms with Crippen LogP contribution in [-0.4, -0.2) is 31.0 Å². The highest BCUT2D eigenvalue weighted by Crippen LogP contribution is 2.32. The van der Waals surface area contributed by atoms with E-state index in [2.05, 4.69) is 0 Å². The second-order valence-electron chi connectivity index (χ2n) is 4.25. The maximum atomic E-state index is 12.6. The van der Waals surface area contributed by atoms with Gasteiger partial charge in [0.2, 0.25) is 6.20 Å². The van der Waals surface area contributed by atoms with Gasteiger partial charge in [-0.1, -0.05) is 0 Å². The fraction of sp³-hybridized carbons (Fsp3) is 0.333. The van der Waals surface area contributed by atoms with Gasteiger partial charge in [-0.2, -0.15) is 13.2 Å². The highest BCUT2D eigenvalue weighted by atomic mass is 19.4. The lowest BCUT2D eigenvalue weighted by atomic mass is 10.1. The topological polar surface area (TPSA) is 89.5 Å². The number of anilines is 1. The number of nitrogens with zero attached hydrogens (tertiary/aromatic N) is 3. The van der Waals surface area contributed by atoms with E-state index >= 15 is 0 Å². The molecule has 122 valence electrons. The van der Waals surface area contributed by atoms with Crippen LogP contribution in [-0.2, 0) is 6.18 Å². The third-order valence-corrected chi connectivity index (χ3v) is 2.17. The minimum Gasteiger partial charge on any atom is -0.378 e. The van der Waals surface area contributed by atoms with Gasteiger partial charge in [-0.3, -0.25) is 20.2 Å². The summed E-state index contributed by atoms with van der Waals surface area (Å²) in [7, 11) is 4.08. The van der Waals surface area contributed by atoms with Gasteiger partial charge in [-0.05, 0) is 23.8 Å². The van der Waals surface area contributed by atoms with Gasteiger partial charge in [-0.25, -0.2) is 0 Å². The monoisotopic (exact) mass is 321 g/mol. The molecular formula is C12H14F3N3O4. The van der Waals surface area contributed by atoms with Crippen molar-refractivity contribution in [3.8, 4) is 0 Å². The average molecular weight is 321 g/mol. The Kier molecular flexibility index (Phi) is 7.00. The molecule has 0 aliphatic rings. The van der Waals surface area contributed by atoms with Crippen molar-refractivity contribution in [1.29, 1.82) is 0 Å². The summed E-state index contributed by atoms with van der Waals surface area (Å²) in [4.78, 5) is 19.2. The van der Waals surface area contributed by atoms with Crippen molar-refractivity contribution in [2.45, 2.75) is 6.18 Å². The second-order valence-corrected chi connectivity index (χ2v) is 4.25.